The Labute approximate surface area is 169 Å². The van der Waals surface area contributed by atoms with Crippen LogP contribution in [-0.2, 0) is 25.8 Å². The SMILES string of the molecule is CC1=[C-]C(C)C=C1.[Cl-].[Cl-].[Hf+4].c1ccc2c(c1)[cH-]c1ccccc12. The maximum atomic E-state index is 3.22. The van der Waals surface area contributed by atoms with Gasteiger partial charge in [0, 0.05) is 0 Å². The third kappa shape index (κ3) is 5.38. The number of hydrogen-bond acceptors (Lipinski definition) is 0. The molecule has 1 aliphatic carbocycles. The van der Waals surface area contributed by atoms with Gasteiger partial charge < -0.3 is 24.8 Å². The summed E-state index contributed by atoms with van der Waals surface area (Å²) in [6, 6.07) is 19.3. The predicted octanol–water partition coefficient (Wildman–Crippen LogP) is -0.341. The Morgan fingerprint density at radius 1 is 0.870 bits per heavy atom. The number of rotatable bonds is 0. The van der Waals surface area contributed by atoms with Crippen LogP contribution >= 0.6 is 0 Å². The second-order valence-corrected chi connectivity index (χ2v) is 5.29. The summed E-state index contributed by atoms with van der Waals surface area (Å²) in [6.07, 6.45) is 7.47. The van der Waals surface area contributed by atoms with Gasteiger partial charge in [0.05, 0.1) is 0 Å². The molecule has 0 saturated heterocycles. The molecule has 0 fully saturated rings. The summed E-state index contributed by atoms with van der Waals surface area (Å²) >= 11 is 0. The largest absolute Gasteiger partial charge is 4.00 e. The molecule has 0 saturated carbocycles. The van der Waals surface area contributed by atoms with Gasteiger partial charge in [-0.2, -0.15) is 6.08 Å². The van der Waals surface area contributed by atoms with Gasteiger partial charge in [-0.1, -0.05) is 56.2 Å². The molecule has 1 unspecified atom stereocenters. The van der Waals surface area contributed by atoms with E-state index in [1.54, 1.807) is 0 Å². The number of fused-ring (bicyclic) bond motifs is 3. The molecule has 0 aliphatic heterocycles. The van der Waals surface area contributed by atoms with Crippen LogP contribution in [0.15, 0.2) is 72.3 Å². The van der Waals surface area contributed by atoms with Crippen molar-refractivity contribution in [1.82, 2.24) is 0 Å². The van der Waals surface area contributed by atoms with Crippen LogP contribution < -0.4 is 24.8 Å². The Hall–Kier alpha value is -0.760. The predicted molar refractivity (Wildman–Crippen MR) is 87.8 cm³/mol. The smallest absolute Gasteiger partial charge is 1.00 e. The van der Waals surface area contributed by atoms with Crippen LogP contribution in [0.2, 0.25) is 0 Å². The van der Waals surface area contributed by atoms with Crippen molar-refractivity contribution in [3.8, 4) is 0 Å². The Balaban J connectivity index is 0.000000426. The van der Waals surface area contributed by atoms with E-state index in [0.29, 0.717) is 5.92 Å². The molecular formula is C20H18Cl2Hf. The summed E-state index contributed by atoms with van der Waals surface area (Å²) in [6.45, 7) is 4.20. The molecule has 4 rings (SSSR count). The van der Waals surface area contributed by atoms with Crippen molar-refractivity contribution < 1.29 is 50.7 Å². The average Bonchev–Trinajstić information content (AvgIpc) is 3.02. The summed E-state index contributed by atoms with van der Waals surface area (Å²) in [7, 11) is 0. The number of hydrogen-bond donors (Lipinski definition) is 0. The minimum absolute atomic E-state index is 0. The summed E-state index contributed by atoms with van der Waals surface area (Å²) in [5, 5.41) is 5.39. The molecule has 0 spiro atoms. The van der Waals surface area contributed by atoms with E-state index in [0.717, 1.165) is 0 Å². The van der Waals surface area contributed by atoms with E-state index in [1.165, 1.54) is 27.1 Å². The molecule has 1 atom stereocenters. The van der Waals surface area contributed by atoms with E-state index in [4.69, 9.17) is 0 Å². The average molecular weight is 508 g/mol. The Kier molecular flexibility index (Phi) is 9.84. The zero-order chi connectivity index (χ0) is 13.9. The molecule has 3 aromatic rings. The molecule has 23 heavy (non-hydrogen) atoms. The first-order valence-electron chi connectivity index (χ1n) is 7.05. The van der Waals surface area contributed by atoms with Gasteiger partial charge in [0.25, 0.3) is 0 Å². The van der Waals surface area contributed by atoms with Gasteiger partial charge >= 0.3 is 25.8 Å². The minimum atomic E-state index is 0. The van der Waals surface area contributed by atoms with Gasteiger partial charge in [0.15, 0.2) is 0 Å². The fraction of sp³-hybridized carbons (Fsp3) is 0.150. The zero-order valence-electron chi connectivity index (χ0n) is 13.2. The first-order chi connectivity index (χ1) is 9.74. The fourth-order valence-corrected chi connectivity index (χ4v) is 2.65. The van der Waals surface area contributed by atoms with Crippen molar-refractivity contribution in [2.45, 2.75) is 13.8 Å². The standard InChI is InChI=1S/C13H9.C7H9.2ClH.Hf/c1-3-7-12-10(5-1)9-11-6-2-4-8-13(11)12;1-6-3-4-7(2)5-6;;;/h1-9H;3-4,6H,1-2H3;2*1H;/q2*-1;;;+4/p-2. The van der Waals surface area contributed by atoms with Crippen LogP contribution in [0.4, 0.5) is 0 Å². The second-order valence-electron chi connectivity index (χ2n) is 5.29. The molecule has 0 heterocycles. The van der Waals surface area contributed by atoms with Crippen LogP contribution in [0.25, 0.3) is 21.5 Å². The maximum Gasteiger partial charge on any atom is 4.00 e. The molecule has 0 amide bonds. The van der Waals surface area contributed by atoms with Crippen molar-refractivity contribution >= 4 is 21.5 Å². The third-order valence-electron chi connectivity index (χ3n) is 3.61. The van der Waals surface area contributed by atoms with Gasteiger partial charge in [0.2, 0.25) is 0 Å². The Bertz CT molecular complexity index is 749. The number of halogens is 2. The monoisotopic (exact) mass is 508 g/mol. The van der Waals surface area contributed by atoms with Crippen LogP contribution in [-0.4, -0.2) is 0 Å². The molecule has 0 nitrogen and oxygen atoms in total. The molecule has 0 radical (unpaired) electrons. The van der Waals surface area contributed by atoms with Crippen LogP contribution in [0.5, 0.6) is 0 Å². The maximum absolute atomic E-state index is 3.22. The van der Waals surface area contributed by atoms with E-state index in [1.807, 2.05) is 0 Å². The van der Waals surface area contributed by atoms with E-state index in [-0.39, 0.29) is 50.7 Å². The Morgan fingerprint density at radius 3 is 1.70 bits per heavy atom. The molecular weight excluding hydrogens is 490 g/mol. The van der Waals surface area contributed by atoms with Crippen LogP contribution in [0.3, 0.4) is 0 Å². The molecule has 1 aliphatic rings. The first kappa shape index (κ1) is 22.2. The van der Waals surface area contributed by atoms with Crippen molar-refractivity contribution in [2.75, 3.05) is 0 Å². The van der Waals surface area contributed by atoms with Gasteiger partial charge in [0.1, 0.15) is 0 Å². The molecule has 116 valence electrons. The molecule has 3 aromatic carbocycles. The van der Waals surface area contributed by atoms with E-state index < -0.39 is 0 Å². The van der Waals surface area contributed by atoms with E-state index in [9.17, 15) is 0 Å². The van der Waals surface area contributed by atoms with Crippen LogP contribution in [0.1, 0.15) is 13.8 Å². The molecule has 0 bridgehead atoms. The quantitative estimate of drug-likeness (QED) is 0.289. The summed E-state index contributed by atoms with van der Waals surface area (Å²) < 4.78 is 0. The van der Waals surface area contributed by atoms with E-state index >= 15 is 0 Å². The van der Waals surface area contributed by atoms with Crippen molar-refractivity contribution in [2.24, 2.45) is 5.92 Å². The third-order valence-corrected chi connectivity index (χ3v) is 3.61. The molecule has 3 heteroatoms. The van der Waals surface area contributed by atoms with Crippen molar-refractivity contribution in [3.05, 3.63) is 78.4 Å². The normalized spacial score (nSPS) is 14.9. The zero-order valence-corrected chi connectivity index (χ0v) is 18.3. The van der Waals surface area contributed by atoms with Gasteiger partial charge in [-0.05, 0) is 0 Å². The van der Waals surface area contributed by atoms with Crippen molar-refractivity contribution in [1.29, 1.82) is 0 Å². The second kappa shape index (κ2) is 10.2. The van der Waals surface area contributed by atoms with Crippen LogP contribution in [0, 0.1) is 12.0 Å². The van der Waals surface area contributed by atoms with Gasteiger partial charge in [-0.3, -0.25) is 6.08 Å². The van der Waals surface area contributed by atoms with E-state index in [2.05, 4.69) is 86.7 Å². The fourth-order valence-electron chi connectivity index (χ4n) is 2.65. The summed E-state index contributed by atoms with van der Waals surface area (Å²) in [5.74, 6) is 0.556. The number of allylic oxidation sites excluding steroid dienone is 4. The topological polar surface area (TPSA) is 0 Å². The van der Waals surface area contributed by atoms with Gasteiger partial charge in [-0.15, -0.1) is 39.7 Å². The summed E-state index contributed by atoms with van der Waals surface area (Å²) in [4.78, 5) is 0. The number of benzene rings is 2. The van der Waals surface area contributed by atoms with Crippen molar-refractivity contribution in [3.63, 3.8) is 0 Å². The van der Waals surface area contributed by atoms with Gasteiger partial charge in [-0.25, -0.2) is 11.6 Å². The molecule has 0 aromatic heterocycles. The minimum Gasteiger partial charge on any atom is -1.00 e. The first-order valence-corrected chi connectivity index (χ1v) is 7.05. The Morgan fingerprint density at radius 2 is 1.35 bits per heavy atom. The molecule has 0 N–H and O–H groups in total. The summed E-state index contributed by atoms with van der Waals surface area (Å²) in [5.41, 5.74) is 1.27.